The maximum absolute atomic E-state index is 13.2. The van der Waals surface area contributed by atoms with Gasteiger partial charge in [0.25, 0.3) is 5.56 Å². The van der Waals surface area contributed by atoms with Gasteiger partial charge in [-0.05, 0) is 24.7 Å². The zero-order valence-corrected chi connectivity index (χ0v) is 18.1. The minimum Gasteiger partial charge on any atom is -0.383 e. The zero-order valence-electron chi connectivity index (χ0n) is 18.1. The maximum Gasteiger partial charge on any atom is 0.330 e. The lowest BCUT2D eigenvalue weighted by atomic mass is 9.92. The van der Waals surface area contributed by atoms with Crippen molar-refractivity contribution >= 4 is 17.4 Å². The highest BCUT2D eigenvalue weighted by atomic mass is 16.5. The predicted molar refractivity (Wildman–Crippen MR) is 114 cm³/mol. The number of nitrogens with one attached hydrogen (secondary N) is 1. The number of aromatic nitrogens is 2. The number of hydrogen-bond acceptors (Lipinski definition) is 6. The Hall–Kier alpha value is -2.13. The van der Waals surface area contributed by atoms with Gasteiger partial charge in [0.15, 0.2) is 5.69 Å². The van der Waals surface area contributed by atoms with E-state index in [1.54, 1.807) is 0 Å². The van der Waals surface area contributed by atoms with E-state index in [4.69, 9.17) is 10.5 Å². The number of rotatable bonds is 9. The van der Waals surface area contributed by atoms with Crippen molar-refractivity contribution in [1.82, 2.24) is 14.5 Å². The van der Waals surface area contributed by atoms with Crippen LogP contribution in [0.1, 0.15) is 40.0 Å². The molecule has 1 saturated heterocycles. The van der Waals surface area contributed by atoms with Crippen LogP contribution in [0.2, 0.25) is 0 Å². The van der Waals surface area contributed by atoms with Crippen LogP contribution >= 0.6 is 0 Å². The van der Waals surface area contributed by atoms with Gasteiger partial charge in [-0.2, -0.15) is 0 Å². The fourth-order valence-corrected chi connectivity index (χ4v) is 4.12. The molecule has 1 aliphatic heterocycles. The molecule has 164 valence electrons. The molecule has 3 N–H and O–H groups in total. The van der Waals surface area contributed by atoms with Crippen molar-refractivity contribution in [2.75, 3.05) is 50.5 Å². The summed E-state index contributed by atoms with van der Waals surface area (Å²) in [5.41, 5.74) is 5.04. The van der Waals surface area contributed by atoms with Crippen LogP contribution in [0.25, 0.3) is 0 Å². The standard InChI is InChI=1S/C20H35N5O4/c1-5-6-7-25-18(21)17(19(27)22-20(25)28)24(8-9-29-4)16(26)13-23-11-14(2)10-15(3)12-23/h14-15H,5-13,21H2,1-4H3,(H,22,27,28)/t14-,15-/m0/s1. The van der Waals surface area contributed by atoms with Crippen molar-refractivity contribution in [3.63, 3.8) is 0 Å². The number of likely N-dealkylation sites (tertiary alicyclic amines) is 1. The molecule has 2 atom stereocenters. The molecule has 9 nitrogen and oxygen atoms in total. The summed E-state index contributed by atoms with van der Waals surface area (Å²) >= 11 is 0. The van der Waals surface area contributed by atoms with E-state index in [0.29, 0.717) is 18.4 Å². The fraction of sp³-hybridized carbons (Fsp3) is 0.750. The van der Waals surface area contributed by atoms with Crippen LogP contribution in [-0.2, 0) is 16.1 Å². The third kappa shape index (κ3) is 5.93. The van der Waals surface area contributed by atoms with Gasteiger partial charge in [-0.1, -0.05) is 27.2 Å². The Bertz CT molecular complexity index is 793. The minimum atomic E-state index is -0.648. The molecule has 1 amide bonds. The Morgan fingerprint density at radius 2 is 1.93 bits per heavy atom. The highest BCUT2D eigenvalue weighted by Crippen LogP contribution is 2.22. The lowest BCUT2D eigenvalue weighted by molar-refractivity contribution is -0.120. The van der Waals surface area contributed by atoms with Gasteiger partial charge in [0.2, 0.25) is 5.91 Å². The number of methoxy groups -OCH3 is 1. The second-order valence-electron chi connectivity index (χ2n) is 8.18. The Morgan fingerprint density at radius 1 is 1.28 bits per heavy atom. The maximum atomic E-state index is 13.2. The molecule has 0 radical (unpaired) electrons. The number of unbranched alkanes of at least 4 members (excludes halogenated alkanes) is 1. The number of anilines is 2. The number of nitrogen functional groups attached to an aromatic ring is 1. The van der Waals surface area contributed by atoms with Gasteiger partial charge in [0.05, 0.1) is 13.2 Å². The summed E-state index contributed by atoms with van der Waals surface area (Å²) < 4.78 is 6.47. The Morgan fingerprint density at radius 3 is 2.52 bits per heavy atom. The zero-order chi connectivity index (χ0) is 21.6. The third-order valence-electron chi connectivity index (χ3n) is 5.34. The van der Waals surface area contributed by atoms with Gasteiger partial charge in [-0.25, -0.2) is 4.79 Å². The van der Waals surface area contributed by atoms with Crippen molar-refractivity contribution in [3.8, 4) is 0 Å². The number of H-pyrrole nitrogens is 1. The molecule has 2 heterocycles. The lowest BCUT2D eigenvalue weighted by Crippen LogP contribution is -2.49. The van der Waals surface area contributed by atoms with E-state index in [0.717, 1.165) is 32.4 Å². The number of hydrogen-bond donors (Lipinski definition) is 2. The minimum absolute atomic E-state index is 0.0250. The largest absolute Gasteiger partial charge is 0.383 e. The molecular weight excluding hydrogens is 374 g/mol. The number of nitrogens with two attached hydrogens (primary N) is 1. The Kier molecular flexibility index (Phi) is 8.45. The van der Waals surface area contributed by atoms with E-state index in [1.165, 1.54) is 16.6 Å². The van der Waals surface area contributed by atoms with Crippen LogP contribution in [0.5, 0.6) is 0 Å². The highest BCUT2D eigenvalue weighted by molar-refractivity contribution is 5.96. The van der Waals surface area contributed by atoms with E-state index >= 15 is 0 Å². The van der Waals surface area contributed by atoms with E-state index in [-0.39, 0.29) is 37.1 Å². The summed E-state index contributed by atoms with van der Waals surface area (Å²) in [5, 5.41) is 0. The van der Waals surface area contributed by atoms with E-state index in [9.17, 15) is 14.4 Å². The average molecular weight is 410 g/mol. The van der Waals surface area contributed by atoms with Crippen LogP contribution in [0, 0.1) is 11.8 Å². The molecule has 1 aromatic heterocycles. The Balaban J connectivity index is 2.35. The molecule has 1 fully saturated rings. The SMILES string of the molecule is CCCCn1c(N)c(N(CCOC)C(=O)CN2C[C@@H](C)C[C@H](C)C2)c(=O)[nH]c1=O. The predicted octanol–water partition coefficient (Wildman–Crippen LogP) is 0.876. The average Bonchev–Trinajstić information content (AvgIpc) is 2.63. The smallest absolute Gasteiger partial charge is 0.330 e. The van der Waals surface area contributed by atoms with Gasteiger partial charge in [0.1, 0.15) is 5.82 Å². The second kappa shape index (κ2) is 10.6. The highest BCUT2D eigenvalue weighted by Gasteiger charge is 2.28. The molecule has 0 spiro atoms. The summed E-state index contributed by atoms with van der Waals surface area (Å²) in [6.45, 7) is 9.09. The van der Waals surface area contributed by atoms with Gasteiger partial charge in [-0.15, -0.1) is 0 Å². The number of aromatic amines is 1. The molecule has 1 aliphatic rings. The summed E-state index contributed by atoms with van der Waals surface area (Å²) in [5.74, 6) is 0.838. The summed E-state index contributed by atoms with van der Waals surface area (Å²) in [4.78, 5) is 43.8. The van der Waals surface area contributed by atoms with Crippen LogP contribution in [-0.4, -0.2) is 60.3 Å². The lowest BCUT2D eigenvalue weighted by Gasteiger charge is -2.35. The van der Waals surface area contributed by atoms with Crippen molar-refractivity contribution in [3.05, 3.63) is 20.8 Å². The first kappa shape index (κ1) is 23.2. The molecular formula is C20H35N5O4. The molecule has 1 aromatic rings. The summed E-state index contributed by atoms with van der Waals surface area (Å²) in [6.07, 6.45) is 2.76. The van der Waals surface area contributed by atoms with Crippen LogP contribution in [0.15, 0.2) is 9.59 Å². The van der Waals surface area contributed by atoms with Gasteiger partial charge >= 0.3 is 5.69 Å². The number of carbonyl (C=O) groups is 1. The molecule has 0 unspecified atom stereocenters. The molecule has 0 aliphatic carbocycles. The topological polar surface area (TPSA) is 114 Å². The summed E-state index contributed by atoms with van der Waals surface area (Å²) in [7, 11) is 1.53. The second-order valence-corrected chi connectivity index (χ2v) is 8.18. The van der Waals surface area contributed by atoms with E-state index in [1.807, 2.05) is 6.92 Å². The monoisotopic (exact) mass is 409 g/mol. The third-order valence-corrected chi connectivity index (χ3v) is 5.34. The van der Waals surface area contributed by atoms with Gasteiger partial charge in [-0.3, -0.25) is 24.0 Å². The van der Waals surface area contributed by atoms with Crippen molar-refractivity contribution in [1.29, 1.82) is 0 Å². The molecule has 0 bridgehead atoms. The van der Waals surface area contributed by atoms with Crippen LogP contribution in [0.4, 0.5) is 11.5 Å². The number of nitrogens with zero attached hydrogens (tertiary/aromatic N) is 3. The number of amides is 1. The quantitative estimate of drug-likeness (QED) is 0.626. The molecule has 9 heteroatoms. The number of carbonyl (C=O) groups excluding carboxylic acids is 1. The molecule has 2 rings (SSSR count). The molecule has 29 heavy (non-hydrogen) atoms. The van der Waals surface area contributed by atoms with E-state index in [2.05, 4.69) is 23.7 Å². The van der Waals surface area contributed by atoms with Crippen molar-refractivity contribution in [2.24, 2.45) is 11.8 Å². The first-order valence-corrected chi connectivity index (χ1v) is 10.4. The molecule has 0 aromatic carbocycles. The van der Waals surface area contributed by atoms with E-state index < -0.39 is 11.2 Å². The van der Waals surface area contributed by atoms with Crippen LogP contribution < -0.4 is 21.9 Å². The van der Waals surface area contributed by atoms with Crippen molar-refractivity contribution in [2.45, 2.75) is 46.6 Å². The first-order chi connectivity index (χ1) is 13.8. The van der Waals surface area contributed by atoms with Gasteiger partial charge in [0, 0.05) is 33.3 Å². The van der Waals surface area contributed by atoms with Gasteiger partial charge < -0.3 is 15.4 Å². The summed E-state index contributed by atoms with van der Waals surface area (Å²) in [6, 6.07) is 0. The molecule has 0 saturated carbocycles. The number of ether oxygens (including phenoxy) is 1. The number of piperidine rings is 1. The normalized spacial score (nSPS) is 20.0. The fourth-order valence-electron chi connectivity index (χ4n) is 4.12. The first-order valence-electron chi connectivity index (χ1n) is 10.4. The Labute approximate surface area is 171 Å². The van der Waals surface area contributed by atoms with Crippen molar-refractivity contribution < 1.29 is 9.53 Å². The van der Waals surface area contributed by atoms with Crippen LogP contribution in [0.3, 0.4) is 0 Å².